The first-order valence-corrected chi connectivity index (χ1v) is 11.2. The van der Waals surface area contributed by atoms with E-state index in [1.54, 1.807) is 47.4 Å². The first-order chi connectivity index (χ1) is 15.1. The van der Waals surface area contributed by atoms with Crippen molar-refractivity contribution in [2.75, 3.05) is 7.11 Å². The first-order valence-electron chi connectivity index (χ1n) is 9.40. The van der Waals surface area contributed by atoms with Crippen LogP contribution in [0.4, 0.5) is 0 Å². The molecule has 1 aromatic heterocycles. The molecule has 0 aliphatic heterocycles. The van der Waals surface area contributed by atoms with Gasteiger partial charge in [0, 0.05) is 11.3 Å². The molecule has 0 saturated heterocycles. The van der Waals surface area contributed by atoms with Gasteiger partial charge < -0.3 is 9.84 Å². The number of methoxy groups -OCH3 is 1. The number of aromatic nitrogens is 1. The van der Waals surface area contributed by atoms with E-state index < -0.39 is 0 Å². The van der Waals surface area contributed by atoms with Gasteiger partial charge in [0.2, 0.25) is 0 Å². The molecule has 4 aromatic rings. The van der Waals surface area contributed by atoms with Crippen molar-refractivity contribution in [1.82, 2.24) is 10.4 Å². The van der Waals surface area contributed by atoms with Crippen LogP contribution in [-0.2, 0) is 5.75 Å². The van der Waals surface area contributed by atoms with Gasteiger partial charge in [0.1, 0.15) is 0 Å². The number of phenols is 1. The lowest BCUT2D eigenvalue weighted by atomic mass is 10.1. The molecule has 0 fully saturated rings. The second-order valence-electron chi connectivity index (χ2n) is 6.56. The number of aromatic hydroxyl groups is 1. The first kappa shape index (κ1) is 20.9. The number of thiazole rings is 1. The number of hydrazone groups is 1. The molecule has 0 bridgehead atoms. The highest BCUT2D eigenvalue weighted by atomic mass is 32.2. The van der Waals surface area contributed by atoms with Crippen LogP contribution >= 0.6 is 23.1 Å². The molecule has 0 aliphatic rings. The summed E-state index contributed by atoms with van der Waals surface area (Å²) in [6.45, 7) is 0. The van der Waals surface area contributed by atoms with E-state index in [1.165, 1.54) is 24.1 Å². The number of rotatable bonds is 7. The predicted octanol–water partition coefficient (Wildman–Crippen LogP) is 5.07. The van der Waals surface area contributed by atoms with Crippen LogP contribution in [0.2, 0.25) is 0 Å². The minimum absolute atomic E-state index is 0.0112. The molecule has 0 unspecified atom stereocenters. The fourth-order valence-electron chi connectivity index (χ4n) is 2.83. The molecular formula is C23H19N3O3S2. The molecule has 31 heavy (non-hydrogen) atoms. The Morgan fingerprint density at radius 1 is 1.19 bits per heavy atom. The molecule has 8 heteroatoms. The Morgan fingerprint density at radius 2 is 2.00 bits per heavy atom. The monoisotopic (exact) mass is 449 g/mol. The minimum Gasteiger partial charge on any atom is -0.504 e. The Bertz CT molecular complexity index is 1200. The van der Waals surface area contributed by atoms with Crippen molar-refractivity contribution >= 4 is 45.4 Å². The molecule has 4 rings (SSSR count). The number of hydrogen-bond donors (Lipinski definition) is 2. The van der Waals surface area contributed by atoms with E-state index in [4.69, 9.17) is 4.74 Å². The molecule has 1 heterocycles. The van der Waals surface area contributed by atoms with Crippen LogP contribution in [0.3, 0.4) is 0 Å². The lowest BCUT2D eigenvalue weighted by molar-refractivity contribution is 0.0955. The number of nitrogens with one attached hydrogen (secondary N) is 1. The number of carbonyl (C=O) groups excluding carboxylic acids is 1. The minimum atomic E-state index is -0.306. The maximum absolute atomic E-state index is 12.3. The number of ether oxygens (including phenoxy) is 1. The van der Waals surface area contributed by atoms with Crippen LogP contribution in [0, 0.1) is 0 Å². The van der Waals surface area contributed by atoms with Gasteiger partial charge in [-0.3, -0.25) is 4.79 Å². The van der Waals surface area contributed by atoms with Crippen molar-refractivity contribution in [3.8, 4) is 11.5 Å². The van der Waals surface area contributed by atoms with Gasteiger partial charge in [0.05, 0.1) is 23.5 Å². The van der Waals surface area contributed by atoms with Gasteiger partial charge in [-0.25, -0.2) is 10.4 Å². The van der Waals surface area contributed by atoms with E-state index >= 15 is 0 Å². The van der Waals surface area contributed by atoms with E-state index in [2.05, 4.69) is 21.6 Å². The number of hydrogen-bond acceptors (Lipinski definition) is 7. The van der Waals surface area contributed by atoms with Gasteiger partial charge >= 0.3 is 0 Å². The van der Waals surface area contributed by atoms with Crippen molar-refractivity contribution in [2.24, 2.45) is 5.10 Å². The highest BCUT2D eigenvalue weighted by Crippen LogP contribution is 2.31. The topological polar surface area (TPSA) is 83.8 Å². The Balaban J connectivity index is 1.31. The molecule has 0 saturated carbocycles. The number of amides is 1. The number of carbonyl (C=O) groups is 1. The molecule has 3 aromatic carbocycles. The van der Waals surface area contributed by atoms with Crippen LogP contribution in [0.15, 0.2) is 76.2 Å². The zero-order chi connectivity index (χ0) is 21.6. The zero-order valence-corrected chi connectivity index (χ0v) is 18.2. The summed E-state index contributed by atoms with van der Waals surface area (Å²) in [4.78, 5) is 16.9. The maximum Gasteiger partial charge on any atom is 0.271 e. The van der Waals surface area contributed by atoms with Gasteiger partial charge in [0.25, 0.3) is 5.91 Å². The average molecular weight is 450 g/mol. The molecule has 0 spiro atoms. The fraction of sp³-hybridized carbons (Fsp3) is 0.0870. The molecule has 1 amide bonds. The van der Waals surface area contributed by atoms with Crippen molar-refractivity contribution in [3.63, 3.8) is 0 Å². The second-order valence-corrected chi connectivity index (χ2v) is 8.82. The molecule has 0 radical (unpaired) electrons. The smallest absolute Gasteiger partial charge is 0.271 e. The van der Waals surface area contributed by atoms with Crippen molar-refractivity contribution in [3.05, 3.63) is 83.4 Å². The highest BCUT2D eigenvalue weighted by molar-refractivity contribution is 8.00. The van der Waals surface area contributed by atoms with Crippen LogP contribution in [0.1, 0.15) is 21.5 Å². The second kappa shape index (κ2) is 9.63. The van der Waals surface area contributed by atoms with Crippen molar-refractivity contribution in [2.45, 2.75) is 10.1 Å². The molecule has 0 atom stereocenters. The number of benzene rings is 3. The third kappa shape index (κ3) is 5.22. The number of phenolic OH excluding ortho intramolecular Hbond substituents is 1. The van der Waals surface area contributed by atoms with E-state index in [9.17, 15) is 9.90 Å². The lowest BCUT2D eigenvalue weighted by Crippen LogP contribution is -2.17. The van der Waals surface area contributed by atoms with Gasteiger partial charge in [-0.1, -0.05) is 36.0 Å². The normalized spacial score (nSPS) is 11.1. The molecule has 6 nitrogen and oxygen atoms in total. The molecule has 156 valence electrons. The summed E-state index contributed by atoms with van der Waals surface area (Å²) < 4.78 is 7.21. The molecule has 2 N–H and O–H groups in total. The summed E-state index contributed by atoms with van der Waals surface area (Å²) in [5.74, 6) is 0.861. The third-order valence-electron chi connectivity index (χ3n) is 4.44. The summed E-state index contributed by atoms with van der Waals surface area (Å²) in [6.07, 6.45) is 1.46. The lowest BCUT2D eigenvalue weighted by Gasteiger charge is -2.04. The zero-order valence-electron chi connectivity index (χ0n) is 16.6. The Morgan fingerprint density at radius 3 is 2.74 bits per heavy atom. The number of thioether (sulfide) groups is 1. The van der Waals surface area contributed by atoms with Gasteiger partial charge in [-0.05, 0) is 53.6 Å². The van der Waals surface area contributed by atoms with Gasteiger partial charge in [-0.2, -0.15) is 5.10 Å². The van der Waals surface area contributed by atoms with Crippen LogP contribution < -0.4 is 10.2 Å². The number of fused-ring (bicyclic) bond motifs is 1. The highest BCUT2D eigenvalue weighted by Gasteiger charge is 2.07. The standard InChI is InChI=1S/C23H19N3O3S2/c1-29-20-11-8-16(12-19(20)27)13-24-26-22(28)17-9-6-15(7-10-17)14-30-23-25-18-4-2-3-5-21(18)31-23/h2-13,27H,14H2,1H3,(H,26,28). The van der Waals surface area contributed by atoms with Gasteiger partial charge in [-0.15, -0.1) is 11.3 Å². The SMILES string of the molecule is COc1ccc(C=NNC(=O)c2ccc(CSc3nc4ccccc4s3)cc2)cc1O. The van der Waals surface area contributed by atoms with E-state index in [1.807, 2.05) is 30.3 Å². The quantitative estimate of drug-likeness (QED) is 0.234. The van der Waals surface area contributed by atoms with E-state index in [0.717, 1.165) is 21.2 Å². The Hall–Kier alpha value is -3.36. The van der Waals surface area contributed by atoms with Crippen molar-refractivity contribution in [1.29, 1.82) is 0 Å². The summed E-state index contributed by atoms with van der Waals surface area (Å²) in [5.41, 5.74) is 5.78. The Kier molecular flexibility index (Phi) is 6.49. The summed E-state index contributed by atoms with van der Waals surface area (Å²) in [7, 11) is 1.48. The Labute approximate surface area is 187 Å². The summed E-state index contributed by atoms with van der Waals surface area (Å²) in [5, 5.41) is 13.7. The van der Waals surface area contributed by atoms with Crippen LogP contribution in [0.25, 0.3) is 10.2 Å². The number of para-hydroxylation sites is 1. The number of nitrogens with zero attached hydrogens (tertiary/aromatic N) is 2. The molecule has 0 aliphatic carbocycles. The largest absolute Gasteiger partial charge is 0.504 e. The van der Waals surface area contributed by atoms with Crippen molar-refractivity contribution < 1.29 is 14.6 Å². The summed E-state index contributed by atoms with van der Waals surface area (Å²) >= 11 is 3.37. The maximum atomic E-state index is 12.3. The van der Waals surface area contributed by atoms with E-state index in [-0.39, 0.29) is 11.7 Å². The van der Waals surface area contributed by atoms with E-state index in [0.29, 0.717) is 16.9 Å². The predicted molar refractivity (Wildman–Crippen MR) is 125 cm³/mol. The average Bonchev–Trinajstić information content (AvgIpc) is 3.21. The van der Waals surface area contributed by atoms with Crippen LogP contribution in [-0.4, -0.2) is 29.3 Å². The molecular weight excluding hydrogens is 430 g/mol. The summed E-state index contributed by atoms with van der Waals surface area (Å²) in [6, 6.07) is 20.4. The fourth-order valence-corrected chi connectivity index (χ4v) is 4.85. The van der Waals surface area contributed by atoms with Gasteiger partial charge in [0.15, 0.2) is 15.8 Å². The van der Waals surface area contributed by atoms with Crippen LogP contribution in [0.5, 0.6) is 11.5 Å². The third-order valence-corrected chi connectivity index (χ3v) is 6.69.